The maximum atomic E-state index is 13.1. The second kappa shape index (κ2) is 11.8. The maximum Gasteiger partial charge on any atom is 0.340 e. The molecular weight excluding hydrogens is 450 g/mol. The normalized spacial score (nSPS) is 10.3. The fraction of sp³-hybridized carbons (Fsp3) is 0.259. The van der Waals surface area contributed by atoms with E-state index in [1.807, 2.05) is 38.1 Å². The van der Waals surface area contributed by atoms with E-state index < -0.39 is 11.9 Å². The summed E-state index contributed by atoms with van der Waals surface area (Å²) in [4.78, 5) is 25.5. The van der Waals surface area contributed by atoms with Crippen LogP contribution in [-0.4, -0.2) is 39.8 Å². The van der Waals surface area contributed by atoms with Crippen molar-refractivity contribution in [2.24, 2.45) is 0 Å². The smallest absolute Gasteiger partial charge is 0.340 e. The van der Waals surface area contributed by atoms with Gasteiger partial charge in [0.1, 0.15) is 18.1 Å². The molecule has 184 valence electrons. The minimum atomic E-state index is -0.625. The number of nitrogens with one attached hydrogen (secondary N) is 1. The zero-order valence-corrected chi connectivity index (χ0v) is 20.5. The lowest BCUT2D eigenvalue weighted by Gasteiger charge is -2.16. The zero-order chi connectivity index (χ0) is 25.4. The lowest BCUT2D eigenvalue weighted by Crippen LogP contribution is -2.16. The molecule has 0 saturated heterocycles. The lowest BCUT2D eigenvalue weighted by atomic mass is 10.1. The minimum absolute atomic E-state index is 0.132. The number of benzene rings is 3. The number of ether oxygens (including phenoxy) is 5. The molecule has 0 atom stereocenters. The molecule has 35 heavy (non-hydrogen) atoms. The zero-order valence-electron chi connectivity index (χ0n) is 20.5. The molecule has 0 aliphatic rings. The predicted octanol–water partition coefficient (Wildman–Crippen LogP) is 5.03. The average molecular weight is 480 g/mol. The minimum Gasteiger partial charge on any atom is -0.493 e. The van der Waals surface area contributed by atoms with E-state index in [4.69, 9.17) is 23.7 Å². The molecule has 0 aromatic heterocycles. The summed E-state index contributed by atoms with van der Waals surface area (Å²) >= 11 is 0. The van der Waals surface area contributed by atoms with E-state index in [0.29, 0.717) is 40.7 Å². The molecular formula is C27H29NO7. The van der Waals surface area contributed by atoms with Crippen LogP contribution in [0.15, 0.2) is 54.6 Å². The summed E-state index contributed by atoms with van der Waals surface area (Å²) in [6.45, 7) is 4.57. The highest BCUT2D eigenvalue weighted by atomic mass is 16.5. The molecule has 0 heterocycles. The molecule has 0 saturated carbocycles. The summed E-state index contributed by atoms with van der Waals surface area (Å²) in [5, 5.41) is 2.77. The van der Waals surface area contributed by atoms with Crippen molar-refractivity contribution in [3.8, 4) is 23.0 Å². The van der Waals surface area contributed by atoms with E-state index in [2.05, 4.69) is 5.32 Å². The summed E-state index contributed by atoms with van der Waals surface area (Å²) in [5.74, 6) is 0.970. The van der Waals surface area contributed by atoms with Crippen LogP contribution < -0.4 is 24.3 Å². The van der Waals surface area contributed by atoms with Crippen LogP contribution in [0.4, 0.5) is 5.69 Å². The van der Waals surface area contributed by atoms with E-state index in [0.717, 1.165) is 5.56 Å². The fourth-order valence-electron chi connectivity index (χ4n) is 3.38. The SMILES string of the molecule is CCOc1ccc(C(=O)Nc2cc(OC)c(OC)cc2C(=O)OC)cc1COc1ccc(C)cc1. The molecule has 0 fully saturated rings. The summed E-state index contributed by atoms with van der Waals surface area (Å²) in [7, 11) is 4.18. The van der Waals surface area contributed by atoms with Gasteiger partial charge in [-0.2, -0.15) is 0 Å². The number of anilines is 1. The molecule has 8 heteroatoms. The first-order valence-corrected chi connectivity index (χ1v) is 11.0. The number of aryl methyl sites for hydroxylation is 1. The van der Waals surface area contributed by atoms with Crippen molar-refractivity contribution in [3.63, 3.8) is 0 Å². The predicted molar refractivity (Wildman–Crippen MR) is 132 cm³/mol. The Kier molecular flexibility index (Phi) is 8.56. The third-order valence-corrected chi connectivity index (χ3v) is 5.22. The van der Waals surface area contributed by atoms with Gasteiger partial charge in [0.25, 0.3) is 5.91 Å². The van der Waals surface area contributed by atoms with Gasteiger partial charge >= 0.3 is 5.97 Å². The van der Waals surface area contributed by atoms with E-state index in [-0.39, 0.29) is 17.9 Å². The summed E-state index contributed by atoms with van der Waals surface area (Å²) in [6.07, 6.45) is 0. The monoisotopic (exact) mass is 479 g/mol. The molecule has 0 bridgehead atoms. The van der Waals surface area contributed by atoms with Crippen LogP contribution in [0, 0.1) is 6.92 Å². The van der Waals surface area contributed by atoms with Gasteiger partial charge in [-0.25, -0.2) is 4.79 Å². The van der Waals surface area contributed by atoms with Crippen LogP contribution in [0.25, 0.3) is 0 Å². The molecule has 0 aliphatic carbocycles. The van der Waals surface area contributed by atoms with Crippen LogP contribution >= 0.6 is 0 Å². The van der Waals surface area contributed by atoms with E-state index >= 15 is 0 Å². The molecule has 0 unspecified atom stereocenters. The van der Waals surface area contributed by atoms with E-state index in [1.165, 1.54) is 33.5 Å². The molecule has 3 aromatic carbocycles. The highest BCUT2D eigenvalue weighted by Crippen LogP contribution is 2.34. The van der Waals surface area contributed by atoms with Gasteiger partial charge in [-0.15, -0.1) is 0 Å². The van der Waals surface area contributed by atoms with Crippen LogP contribution in [0.3, 0.4) is 0 Å². The molecule has 8 nitrogen and oxygen atoms in total. The number of rotatable bonds is 10. The van der Waals surface area contributed by atoms with Gasteiger partial charge in [0.15, 0.2) is 11.5 Å². The third kappa shape index (κ3) is 6.23. The number of carbonyl (C=O) groups excluding carboxylic acids is 2. The van der Waals surface area contributed by atoms with Crippen LogP contribution in [0.5, 0.6) is 23.0 Å². The molecule has 1 N–H and O–H groups in total. The molecule has 3 aromatic rings. The van der Waals surface area contributed by atoms with E-state index in [1.54, 1.807) is 18.2 Å². The number of methoxy groups -OCH3 is 3. The summed E-state index contributed by atoms with van der Waals surface area (Å²) < 4.78 is 27.1. The first-order valence-electron chi connectivity index (χ1n) is 11.0. The number of hydrogen-bond donors (Lipinski definition) is 1. The highest BCUT2D eigenvalue weighted by Gasteiger charge is 2.20. The van der Waals surface area contributed by atoms with Crippen molar-refractivity contribution < 1.29 is 33.3 Å². The first kappa shape index (κ1) is 25.4. The van der Waals surface area contributed by atoms with Gasteiger partial charge in [-0.3, -0.25) is 4.79 Å². The molecule has 0 spiro atoms. The Labute approximate surface area is 204 Å². The average Bonchev–Trinajstić information content (AvgIpc) is 2.88. The number of esters is 1. The van der Waals surface area contributed by atoms with Gasteiger partial charge in [0, 0.05) is 23.3 Å². The first-order chi connectivity index (χ1) is 16.9. The number of amides is 1. The van der Waals surface area contributed by atoms with Crippen LogP contribution in [-0.2, 0) is 11.3 Å². The van der Waals surface area contributed by atoms with Crippen molar-refractivity contribution in [3.05, 3.63) is 76.9 Å². The van der Waals surface area contributed by atoms with Crippen molar-refractivity contribution in [2.45, 2.75) is 20.5 Å². The van der Waals surface area contributed by atoms with Crippen molar-refractivity contribution in [2.75, 3.05) is 33.3 Å². The highest BCUT2D eigenvalue weighted by molar-refractivity contribution is 6.08. The number of carbonyl (C=O) groups is 2. The Morgan fingerprint density at radius 1 is 0.829 bits per heavy atom. The van der Waals surface area contributed by atoms with Crippen molar-refractivity contribution >= 4 is 17.6 Å². The molecule has 0 aliphatic heterocycles. The standard InChI is InChI=1S/C27H29NO7/c1-6-34-23-12-9-18(13-19(23)16-35-20-10-7-17(2)8-11-20)26(29)28-22-15-25(32-4)24(31-3)14-21(22)27(30)33-5/h7-15H,6,16H2,1-5H3,(H,28,29). The quantitative estimate of drug-likeness (QED) is 0.408. The van der Waals surface area contributed by atoms with Crippen molar-refractivity contribution in [1.82, 2.24) is 0 Å². The number of hydrogen-bond acceptors (Lipinski definition) is 7. The Morgan fingerprint density at radius 3 is 2.14 bits per heavy atom. The Morgan fingerprint density at radius 2 is 1.51 bits per heavy atom. The Bertz CT molecular complexity index is 1190. The van der Waals surface area contributed by atoms with Crippen molar-refractivity contribution in [1.29, 1.82) is 0 Å². The van der Waals surface area contributed by atoms with Gasteiger partial charge in [-0.1, -0.05) is 17.7 Å². The topological polar surface area (TPSA) is 92.3 Å². The maximum absolute atomic E-state index is 13.1. The second-order valence-electron chi connectivity index (χ2n) is 7.56. The molecule has 1 amide bonds. The molecule has 0 radical (unpaired) electrons. The Balaban J connectivity index is 1.89. The van der Waals surface area contributed by atoms with E-state index in [9.17, 15) is 9.59 Å². The van der Waals surface area contributed by atoms with Gasteiger partial charge in [-0.05, 0) is 44.2 Å². The lowest BCUT2D eigenvalue weighted by molar-refractivity contribution is 0.0601. The largest absolute Gasteiger partial charge is 0.493 e. The van der Waals surface area contributed by atoms with Gasteiger partial charge in [0.2, 0.25) is 0 Å². The third-order valence-electron chi connectivity index (χ3n) is 5.22. The Hall–Kier alpha value is -4.20. The summed E-state index contributed by atoms with van der Waals surface area (Å²) in [6, 6.07) is 15.7. The van der Waals surface area contributed by atoms with Gasteiger partial charge in [0.05, 0.1) is 39.2 Å². The second-order valence-corrected chi connectivity index (χ2v) is 7.56. The van der Waals surface area contributed by atoms with Crippen LogP contribution in [0.1, 0.15) is 38.8 Å². The van der Waals surface area contributed by atoms with Gasteiger partial charge < -0.3 is 29.0 Å². The summed E-state index contributed by atoms with van der Waals surface area (Å²) in [5.41, 5.74) is 2.56. The van der Waals surface area contributed by atoms with Crippen LogP contribution in [0.2, 0.25) is 0 Å². The molecule has 3 rings (SSSR count). The fourth-order valence-corrected chi connectivity index (χ4v) is 3.38.